The Morgan fingerprint density at radius 1 is 1.13 bits per heavy atom. The standard InChI is InChI=1S/C16H23N3O4/c1-12(20)23-16-14(21-3)9-13(10-15(16)22-4)11-17-19-7-5-18(2)6-8-19/h9-11H,5-8H2,1-4H3. The van der Waals surface area contributed by atoms with Crippen LogP contribution in [0.25, 0.3) is 0 Å². The first-order chi connectivity index (χ1) is 11.0. The lowest BCUT2D eigenvalue weighted by atomic mass is 10.2. The minimum absolute atomic E-state index is 0.277. The lowest BCUT2D eigenvalue weighted by Gasteiger charge is -2.30. The maximum Gasteiger partial charge on any atom is 0.308 e. The molecule has 0 N–H and O–H groups in total. The van der Waals surface area contributed by atoms with Crippen LogP contribution in [0, 0.1) is 0 Å². The molecule has 23 heavy (non-hydrogen) atoms. The molecule has 0 atom stereocenters. The molecule has 2 rings (SSSR count). The Morgan fingerprint density at radius 2 is 1.70 bits per heavy atom. The first kappa shape index (κ1) is 17.1. The van der Waals surface area contributed by atoms with Crippen molar-refractivity contribution < 1.29 is 19.0 Å². The van der Waals surface area contributed by atoms with Gasteiger partial charge in [0.05, 0.1) is 20.4 Å². The molecule has 1 aromatic rings. The van der Waals surface area contributed by atoms with Gasteiger partial charge in [0.2, 0.25) is 5.75 Å². The summed E-state index contributed by atoms with van der Waals surface area (Å²) in [6, 6.07) is 3.53. The maximum atomic E-state index is 11.2. The molecule has 0 spiro atoms. The van der Waals surface area contributed by atoms with Gasteiger partial charge in [-0.25, -0.2) is 0 Å². The number of piperazine rings is 1. The molecule has 0 radical (unpaired) electrons. The minimum Gasteiger partial charge on any atom is -0.493 e. The van der Waals surface area contributed by atoms with Crippen molar-refractivity contribution in [3.05, 3.63) is 17.7 Å². The van der Waals surface area contributed by atoms with E-state index >= 15 is 0 Å². The number of esters is 1. The molecule has 0 saturated carbocycles. The molecule has 1 aromatic carbocycles. The molecule has 1 heterocycles. The van der Waals surface area contributed by atoms with E-state index in [1.165, 1.54) is 21.1 Å². The number of carbonyl (C=O) groups excluding carboxylic acids is 1. The molecule has 0 amide bonds. The average molecular weight is 321 g/mol. The van der Waals surface area contributed by atoms with E-state index in [4.69, 9.17) is 14.2 Å². The van der Waals surface area contributed by atoms with Gasteiger partial charge in [-0.05, 0) is 19.2 Å². The number of hydrogen-bond acceptors (Lipinski definition) is 7. The van der Waals surface area contributed by atoms with Gasteiger partial charge in [0.25, 0.3) is 0 Å². The van der Waals surface area contributed by atoms with Crippen molar-refractivity contribution in [1.82, 2.24) is 9.91 Å². The highest BCUT2D eigenvalue weighted by Gasteiger charge is 2.16. The maximum absolute atomic E-state index is 11.2. The van der Waals surface area contributed by atoms with Crippen LogP contribution in [0.3, 0.4) is 0 Å². The molecule has 1 aliphatic rings. The molecule has 0 aliphatic carbocycles. The summed E-state index contributed by atoms with van der Waals surface area (Å²) in [6.45, 7) is 5.12. The molecule has 0 unspecified atom stereocenters. The fourth-order valence-corrected chi connectivity index (χ4v) is 2.28. The van der Waals surface area contributed by atoms with E-state index in [9.17, 15) is 4.79 Å². The number of ether oxygens (including phenoxy) is 3. The predicted octanol–water partition coefficient (Wildman–Crippen LogP) is 1.21. The lowest BCUT2D eigenvalue weighted by Crippen LogP contribution is -2.41. The van der Waals surface area contributed by atoms with Crippen LogP contribution >= 0.6 is 0 Å². The molecule has 0 bridgehead atoms. The molecule has 7 heteroatoms. The number of hydrazone groups is 1. The fourth-order valence-electron chi connectivity index (χ4n) is 2.28. The molecule has 1 fully saturated rings. The van der Waals surface area contributed by atoms with E-state index < -0.39 is 5.97 Å². The molecule has 1 saturated heterocycles. The molecule has 7 nitrogen and oxygen atoms in total. The highest BCUT2D eigenvalue weighted by molar-refractivity contribution is 5.83. The smallest absolute Gasteiger partial charge is 0.308 e. The van der Waals surface area contributed by atoms with E-state index in [1.54, 1.807) is 18.3 Å². The van der Waals surface area contributed by atoms with Crippen LogP contribution in [0.2, 0.25) is 0 Å². The van der Waals surface area contributed by atoms with Gasteiger partial charge in [0.1, 0.15) is 0 Å². The average Bonchev–Trinajstić information content (AvgIpc) is 2.54. The zero-order valence-corrected chi connectivity index (χ0v) is 14.0. The largest absolute Gasteiger partial charge is 0.493 e. The van der Waals surface area contributed by atoms with Crippen LogP contribution in [-0.4, -0.2) is 69.5 Å². The third kappa shape index (κ3) is 4.59. The zero-order valence-electron chi connectivity index (χ0n) is 14.0. The summed E-state index contributed by atoms with van der Waals surface area (Å²) >= 11 is 0. The van der Waals surface area contributed by atoms with Gasteiger partial charge in [0, 0.05) is 38.7 Å². The summed E-state index contributed by atoms with van der Waals surface area (Å²) < 4.78 is 15.8. The third-order valence-corrected chi connectivity index (χ3v) is 3.58. The summed E-state index contributed by atoms with van der Waals surface area (Å²) in [5.41, 5.74) is 0.813. The van der Waals surface area contributed by atoms with Gasteiger partial charge >= 0.3 is 5.97 Å². The summed E-state index contributed by atoms with van der Waals surface area (Å²) in [5.74, 6) is 0.707. The van der Waals surface area contributed by atoms with Gasteiger partial charge in [-0.3, -0.25) is 9.80 Å². The normalized spacial score (nSPS) is 15.7. The van der Waals surface area contributed by atoms with Crippen LogP contribution in [0.1, 0.15) is 12.5 Å². The third-order valence-electron chi connectivity index (χ3n) is 3.58. The van der Waals surface area contributed by atoms with E-state index in [-0.39, 0.29) is 5.75 Å². The summed E-state index contributed by atoms with van der Waals surface area (Å²) in [6.07, 6.45) is 1.76. The Balaban J connectivity index is 2.20. The van der Waals surface area contributed by atoms with Gasteiger partial charge in [-0.1, -0.05) is 0 Å². The molecule has 1 aliphatic heterocycles. The summed E-state index contributed by atoms with van der Waals surface area (Å²) in [4.78, 5) is 13.5. The summed E-state index contributed by atoms with van der Waals surface area (Å²) in [5, 5.41) is 6.52. The SMILES string of the molecule is COc1cc(C=NN2CCN(C)CC2)cc(OC)c1OC(C)=O. The Bertz CT molecular complexity index is 556. The first-order valence-electron chi connectivity index (χ1n) is 7.45. The van der Waals surface area contributed by atoms with Crippen LogP contribution in [0.5, 0.6) is 17.2 Å². The Kier molecular flexibility index (Phi) is 5.81. The number of hydrogen-bond donors (Lipinski definition) is 0. The Labute approximate surface area is 136 Å². The van der Waals surface area contributed by atoms with E-state index in [0.29, 0.717) is 11.5 Å². The minimum atomic E-state index is -0.430. The Hall–Kier alpha value is -2.28. The van der Waals surface area contributed by atoms with Gasteiger partial charge in [0.15, 0.2) is 11.5 Å². The number of likely N-dealkylation sites (N-methyl/N-ethyl adjacent to an activating group) is 1. The van der Waals surface area contributed by atoms with Crippen molar-refractivity contribution in [3.63, 3.8) is 0 Å². The van der Waals surface area contributed by atoms with E-state index in [1.807, 2.05) is 5.01 Å². The van der Waals surface area contributed by atoms with Gasteiger partial charge < -0.3 is 19.1 Å². The lowest BCUT2D eigenvalue weighted by molar-refractivity contribution is -0.132. The monoisotopic (exact) mass is 321 g/mol. The van der Waals surface area contributed by atoms with Gasteiger partial charge in [-0.2, -0.15) is 5.10 Å². The second kappa shape index (κ2) is 7.82. The Morgan fingerprint density at radius 3 is 2.17 bits per heavy atom. The number of benzene rings is 1. The number of nitrogens with zero attached hydrogens (tertiary/aromatic N) is 3. The van der Waals surface area contributed by atoms with Gasteiger partial charge in [-0.15, -0.1) is 0 Å². The van der Waals surface area contributed by atoms with Crippen LogP contribution in [0.15, 0.2) is 17.2 Å². The zero-order chi connectivity index (χ0) is 16.8. The fraction of sp³-hybridized carbons (Fsp3) is 0.500. The van der Waals surface area contributed by atoms with Crippen LogP contribution in [0.4, 0.5) is 0 Å². The van der Waals surface area contributed by atoms with E-state index in [2.05, 4.69) is 17.0 Å². The van der Waals surface area contributed by atoms with Crippen molar-refractivity contribution in [2.45, 2.75) is 6.92 Å². The van der Waals surface area contributed by atoms with Crippen molar-refractivity contribution in [1.29, 1.82) is 0 Å². The second-order valence-corrected chi connectivity index (χ2v) is 5.35. The second-order valence-electron chi connectivity index (χ2n) is 5.35. The molecular weight excluding hydrogens is 298 g/mol. The number of carbonyl (C=O) groups is 1. The quantitative estimate of drug-likeness (QED) is 0.461. The van der Waals surface area contributed by atoms with Crippen molar-refractivity contribution in [2.24, 2.45) is 5.10 Å². The van der Waals surface area contributed by atoms with Crippen molar-refractivity contribution >= 4 is 12.2 Å². The molecule has 0 aromatic heterocycles. The molecular formula is C16H23N3O4. The van der Waals surface area contributed by atoms with Crippen molar-refractivity contribution in [2.75, 3.05) is 47.4 Å². The first-order valence-corrected chi connectivity index (χ1v) is 7.45. The van der Waals surface area contributed by atoms with Crippen molar-refractivity contribution in [3.8, 4) is 17.2 Å². The topological polar surface area (TPSA) is 63.6 Å². The van der Waals surface area contributed by atoms with Crippen LogP contribution < -0.4 is 14.2 Å². The predicted molar refractivity (Wildman–Crippen MR) is 87.5 cm³/mol. The van der Waals surface area contributed by atoms with Crippen LogP contribution in [-0.2, 0) is 4.79 Å². The number of methoxy groups -OCH3 is 2. The van der Waals surface area contributed by atoms with E-state index in [0.717, 1.165) is 31.7 Å². The highest BCUT2D eigenvalue weighted by atomic mass is 16.6. The summed E-state index contributed by atoms with van der Waals surface area (Å²) in [7, 11) is 5.14. The molecule has 126 valence electrons. The highest BCUT2D eigenvalue weighted by Crippen LogP contribution is 2.38. The number of rotatable bonds is 5.